The van der Waals surface area contributed by atoms with E-state index < -0.39 is 17.0 Å². The van der Waals surface area contributed by atoms with Crippen LogP contribution >= 0.6 is 0 Å². The topological polar surface area (TPSA) is 29.5 Å². The predicted molar refractivity (Wildman–Crippen MR) is 80.2 cm³/mol. The van der Waals surface area contributed by atoms with Gasteiger partial charge in [-0.1, -0.05) is 20.8 Å². The largest absolute Gasteiger partial charge is 0.372 e. The highest BCUT2D eigenvalue weighted by atomic mass is 19.1. The average molecular weight is 311 g/mol. The first-order valence-electron chi connectivity index (χ1n) is 7.62. The first-order valence-corrected chi connectivity index (χ1v) is 7.62. The van der Waals surface area contributed by atoms with E-state index in [0.717, 1.165) is 37.6 Å². The molecule has 1 atom stereocenters. The van der Waals surface area contributed by atoms with Crippen molar-refractivity contribution in [1.82, 2.24) is 4.90 Å². The van der Waals surface area contributed by atoms with E-state index in [0.29, 0.717) is 6.54 Å². The minimum Gasteiger partial charge on any atom is -0.372 e. The third-order valence-electron chi connectivity index (χ3n) is 3.79. The van der Waals surface area contributed by atoms with E-state index in [4.69, 9.17) is 4.74 Å². The molecule has 0 bridgehead atoms. The first-order chi connectivity index (χ1) is 10.3. The van der Waals surface area contributed by atoms with Crippen molar-refractivity contribution in [3.8, 4) is 0 Å². The Bertz CT molecular complexity index is 540. The van der Waals surface area contributed by atoms with E-state index in [-0.39, 0.29) is 24.2 Å². The summed E-state index contributed by atoms with van der Waals surface area (Å²) < 4.78 is 32.4. The predicted octanol–water partition coefficient (Wildman–Crippen LogP) is 3.52. The zero-order chi connectivity index (χ0) is 16.3. The van der Waals surface area contributed by atoms with Crippen LogP contribution in [0.1, 0.15) is 39.2 Å². The molecule has 1 unspecified atom stereocenters. The van der Waals surface area contributed by atoms with Crippen LogP contribution in [0.5, 0.6) is 0 Å². The normalized spacial score (nSPS) is 19.3. The Morgan fingerprint density at radius 2 is 2.09 bits per heavy atom. The van der Waals surface area contributed by atoms with Gasteiger partial charge in [0.15, 0.2) is 0 Å². The number of likely N-dealkylation sites (tertiary alicyclic amines) is 1. The molecule has 5 heteroatoms. The Balaban J connectivity index is 1.93. The lowest BCUT2D eigenvalue weighted by atomic mass is 9.93. The molecular weight excluding hydrogens is 288 g/mol. The number of ether oxygens (including phenoxy) is 1. The second-order valence-electron chi connectivity index (χ2n) is 6.81. The third kappa shape index (κ3) is 4.26. The van der Waals surface area contributed by atoms with Crippen LogP contribution in [0.25, 0.3) is 0 Å². The highest BCUT2D eigenvalue weighted by molar-refractivity contribution is 5.81. The zero-order valence-corrected chi connectivity index (χ0v) is 13.4. The van der Waals surface area contributed by atoms with Crippen LogP contribution in [-0.2, 0) is 16.1 Å². The Hall–Kier alpha value is -1.49. The van der Waals surface area contributed by atoms with Gasteiger partial charge < -0.3 is 9.64 Å². The summed E-state index contributed by atoms with van der Waals surface area (Å²) in [5, 5.41) is 0. The van der Waals surface area contributed by atoms with E-state index in [1.807, 2.05) is 20.8 Å². The van der Waals surface area contributed by atoms with Gasteiger partial charge in [0.2, 0.25) is 5.91 Å². The van der Waals surface area contributed by atoms with Gasteiger partial charge in [-0.2, -0.15) is 0 Å². The Morgan fingerprint density at radius 3 is 2.77 bits per heavy atom. The molecule has 1 aromatic rings. The molecule has 0 radical (unpaired) electrons. The smallest absolute Gasteiger partial charge is 0.228 e. The number of hydrogen-bond acceptors (Lipinski definition) is 2. The van der Waals surface area contributed by atoms with Gasteiger partial charge >= 0.3 is 0 Å². The number of carbonyl (C=O) groups is 1. The Morgan fingerprint density at radius 1 is 1.36 bits per heavy atom. The fraction of sp³-hybridized carbons (Fsp3) is 0.588. The summed E-state index contributed by atoms with van der Waals surface area (Å²) in [4.78, 5) is 14.1. The van der Waals surface area contributed by atoms with Gasteiger partial charge in [0, 0.05) is 24.1 Å². The molecule has 1 aliphatic heterocycles. The van der Waals surface area contributed by atoms with Crippen molar-refractivity contribution in [2.75, 3.05) is 13.1 Å². The molecule has 1 aliphatic rings. The maximum Gasteiger partial charge on any atom is 0.228 e. The van der Waals surface area contributed by atoms with Gasteiger partial charge in [0.25, 0.3) is 0 Å². The van der Waals surface area contributed by atoms with Gasteiger partial charge in [-0.3, -0.25) is 4.79 Å². The molecule has 0 saturated carbocycles. The van der Waals surface area contributed by atoms with Crippen LogP contribution in [0, 0.1) is 17.0 Å². The molecule has 1 aromatic carbocycles. The van der Waals surface area contributed by atoms with Crippen LogP contribution in [0.2, 0.25) is 0 Å². The molecule has 1 amide bonds. The maximum absolute atomic E-state index is 13.6. The number of amides is 1. The van der Waals surface area contributed by atoms with Crippen molar-refractivity contribution in [3.63, 3.8) is 0 Å². The van der Waals surface area contributed by atoms with Crippen molar-refractivity contribution in [3.05, 3.63) is 35.4 Å². The maximum atomic E-state index is 13.6. The van der Waals surface area contributed by atoms with Crippen LogP contribution in [0.3, 0.4) is 0 Å². The van der Waals surface area contributed by atoms with Crippen molar-refractivity contribution < 1.29 is 18.3 Å². The molecule has 0 aliphatic carbocycles. The van der Waals surface area contributed by atoms with Crippen molar-refractivity contribution >= 4 is 5.91 Å². The summed E-state index contributed by atoms with van der Waals surface area (Å²) in [6.45, 7) is 6.93. The summed E-state index contributed by atoms with van der Waals surface area (Å²) in [6.07, 6.45) is 1.55. The Labute approximate surface area is 130 Å². The lowest BCUT2D eigenvalue weighted by Crippen LogP contribution is -2.47. The average Bonchev–Trinajstić information content (AvgIpc) is 2.47. The van der Waals surface area contributed by atoms with E-state index in [2.05, 4.69) is 0 Å². The summed E-state index contributed by atoms with van der Waals surface area (Å²) in [5.74, 6) is -0.856. The lowest BCUT2D eigenvalue weighted by Gasteiger charge is -2.36. The molecule has 3 nitrogen and oxygen atoms in total. The van der Waals surface area contributed by atoms with Crippen LogP contribution in [-0.4, -0.2) is 30.0 Å². The molecule has 2 rings (SSSR count). The second-order valence-corrected chi connectivity index (χ2v) is 6.81. The number of benzene rings is 1. The number of halogens is 2. The van der Waals surface area contributed by atoms with Gasteiger partial charge in [0.1, 0.15) is 11.6 Å². The fourth-order valence-electron chi connectivity index (χ4n) is 2.59. The van der Waals surface area contributed by atoms with Crippen LogP contribution < -0.4 is 0 Å². The summed E-state index contributed by atoms with van der Waals surface area (Å²) >= 11 is 0. The monoisotopic (exact) mass is 311 g/mol. The molecule has 22 heavy (non-hydrogen) atoms. The van der Waals surface area contributed by atoms with Crippen molar-refractivity contribution in [2.45, 2.75) is 46.3 Å². The molecule has 0 aromatic heterocycles. The van der Waals surface area contributed by atoms with Gasteiger partial charge in [-0.15, -0.1) is 0 Å². The van der Waals surface area contributed by atoms with E-state index in [1.165, 1.54) is 0 Å². The first kappa shape index (κ1) is 16.9. The number of hydrogen-bond donors (Lipinski definition) is 0. The standard InChI is InChI=1S/C17H23F2NO2/c1-17(2,3)16(21)20-8-4-5-14(10-20)22-11-12-9-13(18)6-7-15(12)19/h6-7,9,14H,4-5,8,10-11H2,1-3H3. The van der Waals surface area contributed by atoms with E-state index in [1.54, 1.807) is 4.90 Å². The van der Waals surface area contributed by atoms with Gasteiger partial charge in [-0.25, -0.2) is 8.78 Å². The number of carbonyl (C=O) groups excluding carboxylic acids is 1. The Kier molecular flexibility index (Phi) is 5.16. The third-order valence-corrected chi connectivity index (χ3v) is 3.79. The summed E-state index contributed by atoms with van der Waals surface area (Å²) in [5.41, 5.74) is -0.212. The van der Waals surface area contributed by atoms with Crippen molar-refractivity contribution in [1.29, 1.82) is 0 Å². The summed E-state index contributed by atoms with van der Waals surface area (Å²) in [6, 6.07) is 3.34. The second kappa shape index (κ2) is 6.73. The number of nitrogens with zero attached hydrogens (tertiary/aromatic N) is 1. The molecule has 122 valence electrons. The fourth-order valence-corrected chi connectivity index (χ4v) is 2.59. The SMILES string of the molecule is CC(C)(C)C(=O)N1CCCC(OCc2cc(F)ccc2F)C1. The zero-order valence-electron chi connectivity index (χ0n) is 13.4. The van der Waals surface area contributed by atoms with Crippen molar-refractivity contribution in [2.24, 2.45) is 5.41 Å². The molecule has 0 N–H and O–H groups in total. The molecule has 1 heterocycles. The van der Waals surface area contributed by atoms with Crippen LogP contribution in [0.15, 0.2) is 18.2 Å². The molecule has 1 fully saturated rings. The highest BCUT2D eigenvalue weighted by Crippen LogP contribution is 2.23. The molecular formula is C17H23F2NO2. The molecule has 0 spiro atoms. The number of piperidine rings is 1. The van der Waals surface area contributed by atoms with Crippen LogP contribution in [0.4, 0.5) is 8.78 Å². The van der Waals surface area contributed by atoms with E-state index >= 15 is 0 Å². The summed E-state index contributed by atoms with van der Waals surface area (Å²) in [7, 11) is 0. The van der Waals surface area contributed by atoms with Gasteiger partial charge in [0.05, 0.1) is 12.7 Å². The molecule has 1 saturated heterocycles. The van der Waals surface area contributed by atoms with E-state index in [9.17, 15) is 13.6 Å². The lowest BCUT2D eigenvalue weighted by molar-refractivity contribution is -0.143. The quantitative estimate of drug-likeness (QED) is 0.855. The number of rotatable bonds is 3. The minimum atomic E-state index is -0.479. The highest BCUT2D eigenvalue weighted by Gasteiger charge is 2.31. The van der Waals surface area contributed by atoms with Gasteiger partial charge in [-0.05, 0) is 31.0 Å². The minimum absolute atomic E-state index is 0.0197.